The Hall–Kier alpha value is -3.59. The number of rotatable bonds is 18. The number of carbonyl (C=O) groups is 3. The van der Waals surface area contributed by atoms with Crippen LogP contribution >= 0.6 is 0 Å². The van der Waals surface area contributed by atoms with Crippen LogP contribution in [0, 0.1) is 0 Å². The second-order valence-corrected chi connectivity index (χ2v) is 13.6. The summed E-state index contributed by atoms with van der Waals surface area (Å²) in [5.74, 6) is -1.35. The smallest absolute Gasteiger partial charge is 0.410 e. The van der Waals surface area contributed by atoms with Crippen LogP contribution in [0.3, 0.4) is 0 Å². The molecule has 3 rings (SSSR count). The van der Waals surface area contributed by atoms with Crippen LogP contribution in [0.5, 0.6) is 0 Å². The molecule has 50 heavy (non-hydrogen) atoms. The maximum absolute atomic E-state index is 13.3. The van der Waals surface area contributed by atoms with Crippen molar-refractivity contribution < 1.29 is 48.7 Å². The monoisotopic (exact) mass is 701 g/mol. The Morgan fingerprint density at radius 3 is 1.92 bits per heavy atom. The summed E-state index contributed by atoms with van der Waals surface area (Å²) >= 11 is 0. The van der Waals surface area contributed by atoms with Gasteiger partial charge < -0.3 is 44.1 Å². The van der Waals surface area contributed by atoms with Gasteiger partial charge in [-0.25, -0.2) is 4.79 Å². The fourth-order valence-corrected chi connectivity index (χ4v) is 5.45. The van der Waals surface area contributed by atoms with Crippen LogP contribution in [0.4, 0.5) is 4.79 Å². The lowest BCUT2D eigenvalue weighted by molar-refractivity contribution is -0.293. The number of aliphatic hydroxyl groups excluding tert-OH is 3. The maximum atomic E-state index is 13.3. The number of likely N-dealkylation sites (N-methyl/N-ethyl adjacent to an activating group) is 1. The predicted octanol–water partition coefficient (Wildman–Crippen LogP) is 2.94. The lowest BCUT2D eigenvalue weighted by atomic mass is 9.98. The first-order chi connectivity index (χ1) is 23.8. The Kier molecular flexibility index (Phi) is 16.6. The van der Waals surface area contributed by atoms with Crippen molar-refractivity contribution in [3.8, 4) is 0 Å². The van der Waals surface area contributed by atoms with Gasteiger partial charge in [-0.2, -0.15) is 0 Å². The summed E-state index contributed by atoms with van der Waals surface area (Å²) in [7, 11) is 2.00. The molecule has 0 aromatic heterocycles. The van der Waals surface area contributed by atoms with Crippen LogP contribution in [0.2, 0.25) is 0 Å². The molecule has 13 nitrogen and oxygen atoms in total. The molecule has 13 heteroatoms. The molecule has 1 amide bonds. The zero-order valence-electron chi connectivity index (χ0n) is 30.0. The molecule has 1 aliphatic heterocycles. The van der Waals surface area contributed by atoms with Gasteiger partial charge in [-0.15, -0.1) is 0 Å². The molecule has 0 saturated carbocycles. The highest BCUT2D eigenvalue weighted by molar-refractivity contribution is 5.71. The molecule has 1 fully saturated rings. The van der Waals surface area contributed by atoms with Gasteiger partial charge in [0.25, 0.3) is 0 Å². The molecule has 1 saturated heterocycles. The summed E-state index contributed by atoms with van der Waals surface area (Å²) in [4.78, 5) is 44.6. The van der Waals surface area contributed by atoms with Crippen LogP contribution in [0.15, 0.2) is 60.7 Å². The second kappa shape index (κ2) is 20.3. The molecule has 278 valence electrons. The van der Waals surface area contributed by atoms with Gasteiger partial charge in [-0.3, -0.25) is 14.5 Å². The second-order valence-electron chi connectivity index (χ2n) is 13.6. The minimum Gasteiger partial charge on any atom is -0.455 e. The van der Waals surface area contributed by atoms with E-state index < -0.39 is 60.9 Å². The van der Waals surface area contributed by atoms with E-state index in [2.05, 4.69) is 17.0 Å². The first-order valence-corrected chi connectivity index (χ1v) is 17.3. The van der Waals surface area contributed by atoms with E-state index in [1.807, 2.05) is 81.2 Å². The number of hydrogen-bond donors (Lipinski definition) is 3. The van der Waals surface area contributed by atoms with E-state index in [4.69, 9.17) is 18.9 Å². The molecule has 1 heterocycles. The number of carbonyl (C=O) groups excluding carboxylic acids is 3. The van der Waals surface area contributed by atoms with E-state index in [0.717, 1.165) is 12.1 Å². The van der Waals surface area contributed by atoms with Gasteiger partial charge in [0.05, 0.1) is 13.0 Å². The van der Waals surface area contributed by atoms with Gasteiger partial charge in [-0.1, -0.05) is 67.6 Å². The molecule has 3 N–H and O–H groups in total. The van der Waals surface area contributed by atoms with Crippen molar-refractivity contribution in [3.05, 3.63) is 71.8 Å². The third-order valence-corrected chi connectivity index (χ3v) is 8.07. The molecule has 0 bridgehead atoms. The molecule has 2 aromatic carbocycles. The SMILES string of the molecule is CCCC(=O)O[C@@H]1C(OC(=O)CCN(CCN(CCN(C)Cc2ccccc2)C(=O)OC(C)(C)C)Cc2ccccc2)C(O)OC(CO)[C@@H]1O. The number of aliphatic hydroxyl groups is 3. The van der Waals surface area contributed by atoms with Gasteiger partial charge in [-0.05, 0) is 45.4 Å². The third kappa shape index (κ3) is 14.0. The third-order valence-electron chi connectivity index (χ3n) is 8.07. The molecule has 3 unspecified atom stereocenters. The fraction of sp³-hybridized carbons (Fsp3) is 0.595. The Morgan fingerprint density at radius 2 is 1.34 bits per heavy atom. The summed E-state index contributed by atoms with van der Waals surface area (Å²) in [5.41, 5.74) is 1.49. The van der Waals surface area contributed by atoms with Crippen molar-refractivity contribution in [3.63, 3.8) is 0 Å². The highest BCUT2D eigenvalue weighted by Gasteiger charge is 2.49. The number of benzene rings is 2. The Morgan fingerprint density at radius 1 is 0.780 bits per heavy atom. The summed E-state index contributed by atoms with van der Waals surface area (Å²) in [6.45, 7) is 9.82. The molecule has 1 aliphatic rings. The van der Waals surface area contributed by atoms with Crippen LogP contribution in [-0.4, -0.2) is 131 Å². The van der Waals surface area contributed by atoms with E-state index in [1.54, 1.807) is 11.8 Å². The normalized spacial score (nSPS) is 20.8. The topological polar surface area (TPSA) is 159 Å². The van der Waals surface area contributed by atoms with Crippen molar-refractivity contribution in [1.29, 1.82) is 0 Å². The maximum Gasteiger partial charge on any atom is 0.410 e. The summed E-state index contributed by atoms with van der Waals surface area (Å²) in [6, 6.07) is 19.8. The van der Waals surface area contributed by atoms with Gasteiger partial charge >= 0.3 is 18.0 Å². The molecule has 0 aliphatic carbocycles. The Bertz CT molecular complexity index is 1310. The fourth-order valence-electron chi connectivity index (χ4n) is 5.45. The lowest BCUT2D eigenvalue weighted by Crippen LogP contribution is -2.61. The molecule has 0 spiro atoms. The summed E-state index contributed by atoms with van der Waals surface area (Å²) < 4.78 is 21.9. The van der Waals surface area contributed by atoms with Crippen molar-refractivity contribution >= 4 is 18.0 Å². The Balaban J connectivity index is 1.69. The quantitative estimate of drug-likeness (QED) is 0.154. The number of amides is 1. The van der Waals surface area contributed by atoms with E-state index in [0.29, 0.717) is 39.1 Å². The van der Waals surface area contributed by atoms with E-state index >= 15 is 0 Å². The molecule has 5 atom stereocenters. The van der Waals surface area contributed by atoms with Gasteiger partial charge in [0.1, 0.15) is 17.8 Å². The van der Waals surface area contributed by atoms with E-state index in [9.17, 15) is 29.7 Å². The molecule has 2 aromatic rings. The number of nitrogens with zero attached hydrogens (tertiary/aromatic N) is 3. The first kappa shape index (κ1) is 40.8. The van der Waals surface area contributed by atoms with Crippen LogP contribution in [0.25, 0.3) is 0 Å². The number of esters is 2. The van der Waals surface area contributed by atoms with Crippen molar-refractivity contribution in [2.75, 3.05) is 46.4 Å². The highest BCUT2D eigenvalue weighted by atomic mass is 16.7. The molecular weight excluding hydrogens is 646 g/mol. The minimum absolute atomic E-state index is 0.0582. The van der Waals surface area contributed by atoms with Crippen LogP contribution in [0.1, 0.15) is 58.1 Å². The van der Waals surface area contributed by atoms with Gasteiger partial charge in [0.15, 0.2) is 18.5 Å². The highest BCUT2D eigenvalue weighted by Crippen LogP contribution is 2.26. The standard InChI is InChI=1S/C37H55N3O10/c1-6-13-30(42)48-33-32(44)29(26-41)47-35(45)34(33)49-31(43)18-19-39(25-28-16-11-8-12-17-28)21-23-40(36(46)50-37(2,3)4)22-20-38(5)24-27-14-9-7-10-15-27/h7-12,14-17,29,32-35,41,44-45H,6,13,18-26H2,1-5H3/t29?,32-,33-,34?,35?/m0/s1. The van der Waals surface area contributed by atoms with Crippen LogP contribution in [-0.2, 0) is 41.6 Å². The van der Waals surface area contributed by atoms with Crippen molar-refractivity contribution in [2.45, 2.75) is 96.4 Å². The summed E-state index contributed by atoms with van der Waals surface area (Å²) in [5, 5.41) is 30.9. The number of ether oxygens (including phenoxy) is 4. The van der Waals surface area contributed by atoms with E-state index in [1.165, 1.54) is 5.56 Å². The van der Waals surface area contributed by atoms with Crippen molar-refractivity contribution in [2.24, 2.45) is 0 Å². The van der Waals surface area contributed by atoms with Gasteiger partial charge in [0.2, 0.25) is 0 Å². The van der Waals surface area contributed by atoms with Gasteiger partial charge in [0, 0.05) is 52.2 Å². The molecular formula is C37H55N3O10. The predicted molar refractivity (Wildman–Crippen MR) is 186 cm³/mol. The zero-order valence-corrected chi connectivity index (χ0v) is 30.0. The average Bonchev–Trinajstić information content (AvgIpc) is 3.06. The molecule has 0 radical (unpaired) electrons. The van der Waals surface area contributed by atoms with E-state index in [-0.39, 0.29) is 19.4 Å². The number of hydrogen-bond acceptors (Lipinski definition) is 12. The largest absolute Gasteiger partial charge is 0.455 e. The zero-order chi connectivity index (χ0) is 36.7. The lowest BCUT2D eigenvalue weighted by Gasteiger charge is -2.41. The average molecular weight is 702 g/mol. The van der Waals surface area contributed by atoms with Crippen LogP contribution < -0.4 is 0 Å². The minimum atomic E-state index is -1.73. The Labute approximate surface area is 295 Å². The summed E-state index contributed by atoms with van der Waals surface area (Å²) in [6.07, 6.45) is -7.42. The first-order valence-electron chi connectivity index (χ1n) is 17.3. The van der Waals surface area contributed by atoms with Crippen molar-refractivity contribution in [1.82, 2.24) is 14.7 Å².